The van der Waals surface area contributed by atoms with E-state index in [0.717, 1.165) is 43.2 Å². The highest BCUT2D eigenvalue weighted by Crippen LogP contribution is 2.18. The minimum atomic E-state index is -0.301. The molecule has 0 saturated carbocycles. The van der Waals surface area contributed by atoms with Gasteiger partial charge in [-0.2, -0.15) is 0 Å². The summed E-state index contributed by atoms with van der Waals surface area (Å²) in [5.74, 6) is 0.614. The predicted molar refractivity (Wildman–Crippen MR) is 91.3 cm³/mol. The second-order valence-corrected chi connectivity index (χ2v) is 5.83. The van der Waals surface area contributed by atoms with Gasteiger partial charge in [-0.3, -0.25) is 4.79 Å². The van der Waals surface area contributed by atoms with Crippen molar-refractivity contribution in [2.24, 2.45) is 0 Å². The Bertz CT molecular complexity index is 710. The van der Waals surface area contributed by atoms with Crippen LogP contribution in [-0.4, -0.2) is 42.3 Å². The third-order valence-corrected chi connectivity index (χ3v) is 4.00. The summed E-state index contributed by atoms with van der Waals surface area (Å²) < 4.78 is 5.33. The Hall–Kier alpha value is -2.60. The van der Waals surface area contributed by atoms with Crippen molar-refractivity contribution in [1.82, 2.24) is 10.3 Å². The summed E-state index contributed by atoms with van der Waals surface area (Å²) in [5, 5.41) is 12.7. The Morgan fingerprint density at radius 2 is 2.08 bits per heavy atom. The van der Waals surface area contributed by atoms with E-state index in [0.29, 0.717) is 6.54 Å². The number of pyridine rings is 1. The van der Waals surface area contributed by atoms with Crippen molar-refractivity contribution < 1.29 is 14.6 Å². The van der Waals surface area contributed by atoms with E-state index in [1.54, 1.807) is 24.4 Å². The molecule has 1 amide bonds. The van der Waals surface area contributed by atoms with Crippen molar-refractivity contribution in [3.05, 3.63) is 53.2 Å². The monoisotopic (exact) mass is 327 g/mol. The molecule has 24 heavy (non-hydrogen) atoms. The van der Waals surface area contributed by atoms with Crippen LogP contribution in [0.15, 0.2) is 36.5 Å². The van der Waals surface area contributed by atoms with Crippen LogP contribution < -0.4 is 10.2 Å². The molecule has 0 unspecified atom stereocenters. The Morgan fingerprint density at radius 3 is 2.75 bits per heavy atom. The highest BCUT2D eigenvalue weighted by Gasteiger charge is 2.13. The topological polar surface area (TPSA) is 74.7 Å². The van der Waals surface area contributed by atoms with E-state index in [1.807, 2.05) is 19.1 Å². The van der Waals surface area contributed by atoms with Gasteiger partial charge in [-0.15, -0.1) is 0 Å². The van der Waals surface area contributed by atoms with Gasteiger partial charge in [-0.05, 0) is 36.2 Å². The number of anilines is 1. The zero-order chi connectivity index (χ0) is 16.9. The van der Waals surface area contributed by atoms with Crippen molar-refractivity contribution in [2.75, 3.05) is 31.2 Å². The molecule has 0 spiro atoms. The number of morpholine rings is 1. The number of benzene rings is 1. The van der Waals surface area contributed by atoms with Gasteiger partial charge >= 0.3 is 0 Å². The van der Waals surface area contributed by atoms with Crippen LogP contribution in [0.2, 0.25) is 0 Å². The van der Waals surface area contributed by atoms with Crippen LogP contribution in [0.25, 0.3) is 0 Å². The Labute approximate surface area is 141 Å². The van der Waals surface area contributed by atoms with Gasteiger partial charge in [0.1, 0.15) is 11.6 Å². The number of nitrogens with one attached hydrogen (secondary N) is 1. The lowest BCUT2D eigenvalue weighted by Crippen LogP contribution is -2.36. The zero-order valence-electron chi connectivity index (χ0n) is 13.7. The number of ether oxygens (including phenoxy) is 1. The smallest absolute Gasteiger partial charge is 0.255 e. The highest BCUT2D eigenvalue weighted by molar-refractivity contribution is 5.96. The van der Waals surface area contributed by atoms with Crippen LogP contribution >= 0.6 is 0 Å². The molecule has 1 saturated heterocycles. The summed E-state index contributed by atoms with van der Waals surface area (Å²) >= 11 is 0. The molecule has 2 N–H and O–H groups in total. The van der Waals surface area contributed by atoms with Crippen molar-refractivity contribution in [3.63, 3.8) is 0 Å². The van der Waals surface area contributed by atoms with Gasteiger partial charge < -0.3 is 20.1 Å². The maximum absolute atomic E-state index is 12.2. The van der Waals surface area contributed by atoms with E-state index >= 15 is 0 Å². The largest absolute Gasteiger partial charge is 0.507 e. The lowest BCUT2D eigenvalue weighted by Gasteiger charge is -2.27. The van der Waals surface area contributed by atoms with Crippen molar-refractivity contribution in [2.45, 2.75) is 13.5 Å². The molecule has 126 valence electrons. The molecule has 1 aromatic heterocycles. The number of carbonyl (C=O) groups is 1. The van der Waals surface area contributed by atoms with E-state index in [2.05, 4.69) is 15.2 Å². The van der Waals surface area contributed by atoms with Crippen LogP contribution in [-0.2, 0) is 11.3 Å². The maximum Gasteiger partial charge on any atom is 0.255 e. The third kappa shape index (κ3) is 3.83. The molecule has 3 rings (SSSR count). The highest BCUT2D eigenvalue weighted by atomic mass is 16.5. The second kappa shape index (κ2) is 7.31. The maximum atomic E-state index is 12.2. The van der Waals surface area contributed by atoms with Crippen LogP contribution in [0.4, 0.5) is 5.82 Å². The fraction of sp³-hybridized carbons (Fsp3) is 0.333. The Balaban J connectivity index is 1.59. The summed E-state index contributed by atoms with van der Waals surface area (Å²) in [7, 11) is 0. The molecule has 0 atom stereocenters. The summed E-state index contributed by atoms with van der Waals surface area (Å²) in [6.45, 7) is 5.36. The number of aromatic hydroxyl groups is 1. The fourth-order valence-corrected chi connectivity index (χ4v) is 2.61. The number of phenols is 1. The fourth-order valence-electron chi connectivity index (χ4n) is 2.61. The summed E-state index contributed by atoms with van der Waals surface area (Å²) in [6.07, 6.45) is 1.76. The molecule has 1 aromatic carbocycles. The van der Waals surface area contributed by atoms with Gasteiger partial charge in [-0.25, -0.2) is 4.98 Å². The number of phenolic OH excluding ortho intramolecular Hbond substituents is 1. The van der Waals surface area contributed by atoms with E-state index in [4.69, 9.17) is 4.74 Å². The standard InChI is InChI=1S/C18H21N3O3/c1-13-2-4-15(16(22)10-13)18(23)20-12-14-3-5-17(19-11-14)21-6-8-24-9-7-21/h2-5,10-11,22H,6-9,12H2,1H3,(H,20,23). The lowest BCUT2D eigenvalue weighted by atomic mass is 10.1. The zero-order valence-corrected chi connectivity index (χ0v) is 13.7. The van der Waals surface area contributed by atoms with Crippen LogP contribution in [0.1, 0.15) is 21.5 Å². The molecule has 1 aliphatic rings. The van der Waals surface area contributed by atoms with E-state index < -0.39 is 0 Å². The van der Waals surface area contributed by atoms with Gasteiger partial charge in [0, 0.05) is 25.8 Å². The number of aromatic nitrogens is 1. The van der Waals surface area contributed by atoms with Crippen molar-refractivity contribution in [1.29, 1.82) is 0 Å². The van der Waals surface area contributed by atoms with Gasteiger partial charge in [0.05, 0.1) is 18.8 Å². The number of rotatable bonds is 4. The molecule has 1 fully saturated rings. The van der Waals surface area contributed by atoms with Gasteiger partial charge in [0.2, 0.25) is 0 Å². The van der Waals surface area contributed by atoms with Crippen LogP contribution in [0, 0.1) is 6.92 Å². The molecular formula is C18H21N3O3. The van der Waals surface area contributed by atoms with Crippen LogP contribution in [0.5, 0.6) is 5.75 Å². The second-order valence-electron chi connectivity index (χ2n) is 5.83. The van der Waals surface area contributed by atoms with E-state index in [9.17, 15) is 9.90 Å². The predicted octanol–water partition coefficient (Wildman–Crippen LogP) is 1.86. The number of hydrogen-bond donors (Lipinski definition) is 2. The minimum absolute atomic E-state index is 0.00621. The molecule has 6 heteroatoms. The lowest BCUT2D eigenvalue weighted by molar-refractivity contribution is 0.0948. The van der Waals surface area contributed by atoms with Gasteiger partial charge in [-0.1, -0.05) is 12.1 Å². The first kappa shape index (κ1) is 16.3. The molecule has 2 heterocycles. The molecule has 0 bridgehead atoms. The van der Waals surface area contributed by atoms with Crippen LogP contribution in [0.3, 0.4) is 0 Å². The molecule has 2 aromatic rings. The summed E-state index contributed by atoms with van der Waals surface area (Å²) in [4.78, 5) is 18.8. The normalized spacial score (nSPS) is 14.5. The minimum Gasteiger partial charge on any atom is -0.507 e. The average molecular weight is 327 g/mol. The Kier molecular flexibility index (Phi) is 4.96. The average Bonchev–Trinajstić information content (AvgIpc) is 2.61. The molecule has 1 aliphatic heterocycles. The van der Waals surface area contributed by atoms with E-state index in [-0.39, 0.29) is 17.2 Å². The molecule has 0 aliphatic carbocycles. The Morgan fingerprint density at radius 1 is 1.29 bits per heavy atom. The van der Waals surface area contributed by atoms with Gasteiger partial charge in [0.25, 0.3) is 5.91 Å². The molecule has 6 nitrogen and oxygen atoms in total. The van der Waals surface area contributed by atoms with Crippen molar-refractivity contribution in [3.8, 4) is 5.75 Å². The first-order valence-electron chi connectivity index (χ1n) is 7.99. The first-order valence-corrected chi connectivity index (χ1v) is 7.99. The third-order valence-electron chi connectivity index (χ3n) is 4.00. The summed E-state index contributed by atoms with van der Waals surface area (Å²) in [5.41, 5.74) is 2.09. The van der Waals surface area contributed by atoms with Gasteiger partial charge in [0.15, 0.2) is 0 Å². The number of carbonyl (C=O) groups excluding carboxylic acids is 1. The first-order chi connectivity index (χ1) is 11.6. The van der Waals surface area contributed by atoms with Crippen molar-refractivity contribution >= 4 is 11.7 Å². The quantitative estimate of drug-likeness (QED) is 0.896. The molecule has 0 radical (unpaired) electrons. The number of amides is 1. The number of aryl methyl sites for hydroxylation is 1. The summed E-state index contributed by atoms with van der Waals surface area (Å²) in [6, 6.07) is 8.91. The number of nitrogens with zero attached hydrogens (tertiary/aromatic N) is 2. The number of hydrogen-bond acceptors (Lipinski definition) is 5. The molecular weight excluding hydrogens is 306 g/mol. The SMILES string of the molecule is Cc1ccc(C(=O)NCc2ccc(N3CCOCC3)nc2)c(O)c1. The van der Waals surface area contributed by atoms with E-state index in [1.165, 1.54) is 0 Å².